The average molecular weight is 321 g/mol. The van der Waals surface area contributed by atoms with Crippen LogP contribution < -0.4 is 5.73 Å². The van der Waals surface area contributed by atoms with Gasteiger partial charge in [-0.1, -0.05) is 11.6 Å². The molecule has 0 aliphatic carbocycles. The van der Waals surface area contributed by atoms with E-state index in [0.29, 0.717) is 11.4 Å². The normalized spacial score (nSPS) is 19.4. The van der Waals surface area contributed by atoms with Crippen LogP contribution in [0.4, 0.5) is 0 Å². The predicted molar refractivity (Wildman–Crippen MR) is 88.1 cm³/mol. The highest BCUT2D eigenvalue weighted by Gasteiger charge is 2.20. The number of likely N-dealkylation sites (tertiary alicyclic amines) is 1. The second-order valence-electron chi connectivity index (χ2n) is 6.11. The van der Waals surface area contributed by atoms with Crippen LogP contribution in [-0.4, -0.2) is 29.9 Å². The summed E-state index contributed by atoms with van der Waals surface area (Å²) in [5, 5.41) is 1.62. The van der Waals surface area contributed by atoms with E-state index >= 15 is 0 Å². The van der Waals surface area contributed by atoms with E-state index in [1.807, 2.05) is 24.0 Å². The molecule has 0 radical (unpaired) electrons. The SMILES string of the molecule is Cc1cc2occ(CC(=O)N3CCC[C@@H](N)CC3)c2cc1Cl. The molecule has 0 saturated carbocycles. The fourth-order valence-corrected chi connectivity index (χ4v) is 3.15. The molecule has 22 heavy (non-hydrogen) atoms. The Morgan fingerprint density at radius 3 is 3.05 bits per heavy atom. The Kier molecular flexibility index (Phi) is 4.41. The minimum absolute atomic E-state index is 0.133. The van der Waals surface area contributed by atoms with Crippen molar-refractivity contribution < 1.29 is 9.21 Å². The second kappa shape index (κ2) is 6.31. The molecular weight excluding hydrogens is 300 g/mol. The molecule has 2 N–H and O–H groups in total. The molecule has 1 fully saturated rings. The Morgan fingerprint density at radius 1 is 1.41 bits per heavy atom. The third-order valence-electron chi connectivity index (χ3n) is 4.40. The molecule has 0 bridgehead atoms. The van der Waals surface area contributed by atoms with Gasteiger partial charge in [-0.2, -0.15) is 0 Å². The highest BCUT2D eigenvalue weighted by molar-refractivity contribution is 6.32. The molecule has 0 unspecified atom stereocenters. The summed E-state index contributed by atoms with van der Waals surface area (Å²) in [6.07, 6.45) is 4.86. The van der Waals surface area contributed by atoms with Crippen LogP contribution in [-0.2, 0) is 11.2 Å². The third kappa shape index (κ3) is 3.13. The number of halogens is 1. The summed E-state index contributed by atoms with van der Waals surface area (Å²) in [4.78, 5) is 14.4. The van der Waals surface area contributed by atoms with Crippen molar-refractivity contribution in [1.29, 1.82) is 0 Å². The molecule has 1 aromatic carbocycles. The molecular formula is C17H21ClN2O2. The lowest BCUT2D eigenvalue weighted by molar-refractivity contribution is -0.130. The maximum atomic E-state index is 12.5. The molecule has 1 amide bonds. The van der Waals surface area contributed by atoms with Crippen LogP contribution in [0, 0.1) is 6.92 Å². The first kappa shape index (κ1) is 15.4. The Labute approximate surface area is 135 Å². The van der Waals surface area contributed by atoms with Gasteiger partial charge in [0, 0.05) is 35.1 Å². The fourth-order valence-electron chi connectivity index (χ4n) is 2.98. The molecule has 4 nitrogen and oxygen atoms in total. The van der Waals surface area contributed by atoms with Crippen LogP contribution >= 0.6 is 11.6 Å². The van der Waals surface area contributed by atoms with Gasteiger partial charge in [-0.05, 0) is 43.9 Å². The zero-order valence-electron chi connectivity index (χ0n) is 12.8. The first-order chi connectivity index (χ1) is 10.5. The number of benzene rings is 1. The highest BCUT2D eigenvalue weighted by atomic mass is 35.5. The lowest BCUT2D eigenvalue weighted by Gasteiger charge is -2.20. The predicted octanol–water partition coefficient (Wildman–Crippen LogP) is 3.28. The van der Waals surface area contributed by atoms with E-state index in [0.717, 1.165) is 54.4 Å². The van der Waals surface area contributed by atoms with Gasteiger partial charge in [0.2, 0.25) is 5.91 Å². The first-order valence-corrected chi connectivity index (χ1v) is 8.12. The Morgan fingerprint density at radius 2 is 2.23 bits per heavy atom. The van der Waals surface area contributed by atoms with Crippen LogP contribution in [0.2, 0.25) is 5.02 Å². The number of hydrogen-bond acceptors (Lipinski definition) is 3. The van der Waals surface area contributed by atoms with Gasteiger partial charge >= 0.3 is 0 Å². The smallest absolute Gasteiger partial charge is 0.227 e. The van der Waals surface area contributed by atoms with Crippen molar-refractivity contribution in [3.8, 4) is 0 Å². The molecule has 5 heteroatoms. The molecule has 1 aliphatic rings. The summed E-state index contributed by atoms with van der Waals surface area (Å²) in [7, 11) is 0. The second-order valence-corrected chi connectivity index (χ2v) is 6.51. The van der Waals surface area contributed by atoms with Crippen molar-refractivity contribution in [2.75, 3.05) is 13.1 Å². The Hall–Kier alpha value is -1.52. The average Bonchev–Trinajstić information content (AvgIpc) is 2.71. The quantitative estimate of drug-likeness (QED) is 0.923. The highest BCUT2D eigenvalue weighted by Crippen LogP contribution is 2.28. The van der Waals surface area contributed by atoms with Gasteiger partial charge in [0.05, 0.1) is 12.7 Å². The summed E-state index contributed by atoms with van der Waals surface area (Å²) >= 11 is 6.19. The van der Waals surface area contributed by atoms with Gasteiger partial charge in [-0.25, -0.2) is 0 Å². The number of furan rings is 1. The van der Waals surface area contributed by atoms with Crippen LogP contribution in [0.15, 0.2) is 22.8 Å². The molecule has 118 valence electrons. The number of amides is 1. The maximum Gasteiger partial charge on any atom is 0.227 e. The van der Waals surface area contributed by atoms with Crippen molar-refractivity contribution in [1.82, 2.24) is 4.90 Å². The van der Waals surface area contributed by atoms with Crippen LogP contribution in [0.5, 0.6) is 0 Å². The molecule has 2 aromatic rings. The Bertz CT molecular complexity index is 695. The van der Waals surface area contributed by atoms with E-state index in [1.165, 1.54) is 0 Å². The van der Waals surface area contributed by atoms with Gasteiger partial charge in [0.25, 0.3) is 0 Å². The van der Waals surface area contributed by atoms with Crippen molar-refractivity contribution >= 4 is 28.5 Å². The summed E-state index contributed by atoms with van der Waals surface area (Å²) in [5.74, 6) is 0.133. The first-order valence-electron chi connectivity index (χ1n) is 7.74. The standard InChI is InChI=1S/C17H21ClN2O2/c1-11-7-16-14(9-15(11)18)12(10-22-16)8-17(21)20-5-2-3-13(19)4-6-20/h7,9-10,13H,2-6,8,19H2,1H3/t13-/m1/s1. The molecule has 1 saturated heterocycles. The van der Waals surface area contributed by atoms with E-state index in [-0.39, 0.29) is 11.9 Å². The molecule has 3 rings (SSSR count). The molecule has 1 aliphatic heterocycles. The van der Waals surface area contributed by atoms with E-state index in [9.17, 15) is 4.79 Å². The molecule has 0 spiro atoms. The van der Waals surface area contributed by atoms with Crippen molar-refractivity contribution in [2.45, 2.75) is 38.6 Å². The fraction of sp³-hybridized carbons (Fsp3) is 0.471. The Balaban J connectivity index is 1.78. The topological polar surface area (TPSA) is 59.5 Å². The van der Waals surface area contributed by atoms with Crippen LogP contribution in [0.25, 0.3) is 11.0 Å². The summed E-state index contributed by atoms with van der Waals surface area (Å²) in [5.41, 5.74) is 8.62. The largest absolute Gasteiger partial charge is 0.464 e. The van der Waals surface area contributed by atoms with Gasteiger partial charge in [-0.15, -0.1) is 0 Å². The van der Waals surface area contributed by atoms with Crippen LogP contribution in [0.3, 0.4) is 0 Å². The molecule has 1 aromatic heterocycles. The third-order valence-corrected chi connectivity index (χ3v) is 4.81. The summed E-state index contributed by atoms with van der Waals surface area (Å²) in [6, 6.07) is 4.02. The van der Waals surface area contributed by atoms with Crippen molar-refractivity contribution in [3.63, 3.8) is 0 Å². The zero-order chi connectivity index (χ0) is 15.7. The molecule has 2 heterocycles. The van der Waals surface area contributed by atoms with Gasteiger partial charge in [0.1, 0.15) is 5.58 Å². The van der Waals surface area contributed by atoms with Gasteiger partial charge < -0.3 is 15.1 Å². The number of nitrogens with two attached hydrogens (primary N) is 1. The van der Waals surface area contributed by atoms with E-state index < -0.39 is 0 Å². The number of fused-ring (bicyclic) bond motifs is 1. The van der Waals surface area contributed by atoms with Gasteiger partial charge in [-0.3, -0.25) is 4.79 Å². The van der Waals surface area contributed by atoms with E-state index in [2.05, 4.69) is 0 Å². The number of carbonyl (C=O) groups is 1. The van der Waals surface area contributed by atoms with E-state index in [4.69, 9.17) is 21.8 Å². The molecule has 1 atom stereocenters. The minimum Gasteiger partial charge on any atom is -0.464 e. The minimum atomic E-state index is 0.133. The number of aryl methyl sites for hydroxylation is 1. The summed E-state index contributed by atoms with van der Waals surface area (Å²) < 4.78 is 5.57. The summed E-state index contributed by atoms with van der Waals surface area (Å²) in [6.45, 7) is 3.48. The van der Waals surface area contributed by atoms with E-state index in [1.54, 1.807) is 6.26 Å². The number of carbonyl (C=O) groups excluding carboxylic acids is 1. The monoisotopic (exact) mass is 320 g/mol. The number of nitrogens with zero attached hydrogens (tertiary/aromatic N) is 1. The lowest BCUT2D eigenvalue weighted by Crippen LogP contribution is -2.33. The number of rotatable bonds is 2. The van der Waals surface area contributed by atoms with Crippen molar-refractivity contribution in [2.24, 2.45) is 5.73 Å². The van der Waals surface area contributed by atoms with Crippen molar-refractivity contribution in [3.05, 3.63) is 34.5 Å². The maximum absolute atomic E-state index is 12.5. The zero-order valence-corrected chi connectivity index (χ0v) is 13.5. The van der Waals surface area contributed by atoms with Gasteiger partial charge in [0.15, 0.2) is 0 Å². The number of hydrogen-bond donors (Lipinski definition) is 1. The lowest BCUT2D eigenvalue weighted by atomic mass is 10.1. The van der Waals surface area contributed by atoms with Crippen LogP contribution in [0.1, 0.15) is 30.4 Å².